The summed E-state index contributed by atoms with van der Waals surface area (Å²) in [6, 6.07) is 5.85. The van der Waals surface area contributed by atoms with Crippen molar-refractivity contribution in [1.29, 1.82) is 0 Å². The highest BCUT2D eigenvalue weighted by molar-refractivity contribution is 5.56. The van der Waals surface area contributed by atoms with E-state index in [1.54, 1.807) is 0 Å². The molecule has 0 bridgehead atoms. The van der Waals surface area contributed by atoms with Crippen LogP contribution in [0.4, 0.5) is 5.82 Å². The predicted molar refractivity (Wildman–Crippen MR) is 75.5 cm³/mol. The molecule has 4 rings (SSSR count). The summed E-state index contributed by atoms with van der Waals surface area (Å²) in [7, 11) is 0. The van der Waals surface area contributed by atoms with Gasteiger partial charge in [0.05, 0.1) is 18.4 Å². The van der Waals surface area contributed by atoms with Crippen LogP contribution in [0.3, 0.4) is 0 Å². The Morgan fingerprint density at radius 2 is 2.15 bits per heavy atom. The van der Waals surface area contributed by atoms with Crippen molar-refractivity contribution in [2.75, 3.05) is 18.0 Å². The summed E-state index contributed by atoms with van der Waals surface area (Å²) < 4.78 is 1.94. The molecule has 1 saturated heterocycles. The Morgan fingerprint density at radius 3 is 2.95 bits per heavy atom. The monoisotopic (exact) mass is 273 g/mol. The molecule has 2 fully saturated rings. The topological polar surface area (TPSA) is 61.0 Å². The highest BCUT2D eigenvalue weighted by atomic mass is 16.3. The van der Waals surface area contributed by atoms with Crippen LogP contribution in [0.5, 0.6) is 0 Å². The first-order valence-electron chi connectivity index (χ1n) is 7.28. The van der Waals surface area contributed by atoms with Gasteiger partial charge in [-0.3, -0.25) is 4.40 Å². The number of aliphatic hydroxyl groups excluding tert-OH is 2. The molecule has 0 radical (unpaired) electrons. The first kappa shape index (κ1) is 12.2. The second-order valence-electron chi connectivity index (χ2n) is 5.94. The predicted octanol–water partition coefficient (Wildman–Crippen LogP) is 1.03. The standard InChI is InChI=1S/C15H19N3O2/c19-9-12-15(16-14-3-1-2-6-18(12)14)17-7-10-4-5-13(20)11(10)8-17/h1-3,6,10-11,13,19-20H,4-5,7-9H2. The lowest BCUT2D eigenvalue weighted by Crippen LogP contribution is -2.25. The minimum absolute atomic E-state index is 0.0189. The van der Waals surface area contributed by atoms with Gasteiger partial charge in [-0.05, 0) is 30.9 Å². The molecular formula is C15H19N3O2. The zero-order valence-corrected chi connectivity index (χ0v) is 11.3. The maximum absolute atomic E-state index is 10.0. The summed E-state index contributed by atoms with van der Waals surface area (Å²) >= 11 is 0. The number of aliphatic hydroxyl groups is 2. The van der Waals surface area contributed by atoms with Crippen LogP contribution in [0, 0.1) is 11.8 Å². The number of aromatic nitrogens is 2. The van der Waals surface area contributed by atoms with Gasteiger partial charge in [0, 0.05) is 25.2 Å². The van der Waals surface area contributed by atoms with E-state index in [9.17, 15) is 10.2 Å². The van der Waals surface area contributed by atoms with E-state index < -0.39 is 0 Å². The van der Waals surface area contributed by atoms with E-state index in [-0.39, 0.29) is 12.7 Å². The zero-order valence-electron chi connectivity index (χ0n) is 11.3. The normalized spacial score (nSPS) is 29.3. The third-order valence-corrected chi connectivity index (χ3v) is 4.88. The lowest BCUT2D eigenvalue weighted by molar-refractivity contribution is 0.133. The number of pyridine rings is 1. The summed E-state index contributed by atoms with van der Waals surface area (Å²) in [6.45, 7) is 1.77. The van der Waals surface area contributed by atoms with Gasteiger partial charge in [0.25, 0.3) is 0 Å². The Morgan fingerprint density at radius 1 is 1.25 bits per heavy atom. The zero-order chi connectivity index (χ0) is 13.7. The molecule has 2 aliphatic rings. The molecule has 1 aliphatic heterocycles. The van der Waals surface area contributed by atoms with Gasteiger partial charge in [-0.2, -0.15) is 0 Å². The third kappa shape index (κ3) is 1.66. The fourth-order valence-corrected chi connectivity index (χ4v) is 3.84. The lowest BCUT2D eigenvalue weighted by atomic mass is 10.00. The quantitative estimate of drug-likeness (QED) is 0.858. The SMILES string of the molecule is OCc1c(N2CC3CCC(O)C3C2)nc2ccccn12. The molecule has 106 valence electrons. The first-order chi connectivity index (χ1) is 9.78. The molecule has 5 heteroatoms. The molecule has 3 atom stereocenters. The number of hydrogen-bond acceptors (Lipinski definition) is 4. The second-order valence-corrected chi connectivity index (χ2v) is 5.94. The van der Waals surface area contributed by atoms with Crippen LogP contribution in [0.25, 0.3) is 5.65 Å². The van der Waals surface area contributed by atoms with Crippen molar-refractivity contribution in [3.05, 3.63) is 30.1 Å². The van der Waals surface area contributed by atoms with Gasteiger partial charge in [-0.15, -0.1) is 0 Å². The van der Waals surface area contributed by atoms with Gasteiger partial charge in [0.15, 0.2) is 5.82 Å². The number of imidazole rings is 1. The van der Waals surface area contributed by atoms with Gasteiger partial charge >= 0.3 is 0 Å². The Balaban J connectivity index is 1.72. The largest absolute Gasteiger partial charge is 0.393 e. The van der Waals surface area contributed by atoms with E-state index in [4.69, 9.17) is 0 Å². The van der Waals surface area contributed by atoms with Gasteiger partial charge in [-0.25, -0.2) is 4.98 Å². The van der Waals surface area contributed by atoms with Crippen LogP contribution >= 0.6 is 0 Å². The van der Waals surface area contributed by atoms with Gasteiger partial charge in [0.1, 0.15) is 5.65 Å². The number of nitrogens with zero attached hydrogens (tertiary/aromatic N) is 3. The second kappa shape index (κ2) is 4.46. The number of rotatable bonds is 2. The highest BCUT2D eigenvalue weighted by Gasteiger charge is 2.42. The summed E-state index contributed by atoms with van der Waals surface area (Å²) in [5, 5.41) is 19.7. The molecule has 5 nitrogen and oxygen atoms in total. The minimum Gasteiger partial charge on any atom is -0.393 e. The van der Waals surface area contributed by atoms with Crippen LogP contribution in [-0.4, -0.2) is 38.8 Å². The number of hydrogen-bond donors (Lipinski definition) is 2. The fourth-order valence-electron chi connectivity index (χ4n) is 3.84. The maximum atomic E-state index is 10.0. The van der Waals surface area contributed by atoms with Crippen molar-refractivity contribution in [3.63, 3.8) is 0 Å². The Bertz CT molecular complexity index is 639. The Labute approximate surface area is 117 Å². The Hall–Kier alpha value is -1.59. The molecule has 1 aliphatic carbocycles. The van der Waals surface area contributed by atoms with Crippen LogP contribution in [0.15, 0.2) is 24.4 Å². The van der Waals surface area contributed by atoms with E-state index in [1.807, 2.05) is 28.8 Å². The van der Waals surface area contributed by atoms with Crippen LogP contribution in [0.1, 0.15) is 18.5 Å². The molecule has 0 amide bonds. The van der Waals surface area contributed by atoms with E-state index in [0.717, 1.165) is 43.1 Å². The number of fused-ring (bicyclic) bond motifs is 2. The molecule has 3 heterocycles. The van der Waals surface area contributed by atoms with E-state index in [1.165, 1.54) is 0 Å². The van der Waals surface area contributed by atoms with E-state index in [0.29, 0.717) is 11.8 Å². The molecule has 3 unspecified atom stereocenters. The molecule has 2 N–H and O–H groups in total. The average Bonchev–Trinajstić information content (AvgIpc) is 3.12. The smallest absolute Gasteiger partial charge is 0.153 e. The third-order valence-electron chi connectivity index (χ3n) is 4.88. The van der Waals surface area contributed by atoms with Crippen molar-refractivity contribution in [2.24, 2.45) is 11.8 Å². The van der Waals surface area contributed by atoms with Gasteiger partial charge in [-0.1, -0.05) is 6.07 Å². The number of anilines is 1. The van der Waals surface area contributed by atoms with Crippen LogP contribution < -0.4 is 4.90 Å². The average molecular weight is 273 g/mol. The lowest BCUT2D eigenvalue weighted by Gasteiger charge is -2.19. The summed E-state index contributed by atoms with van der Waals surface area (Å²) in [5.74, 6) is 1.81. The highest BCUT2D eigenvalue weighted by Crippen LogP contribution is 2.40. The van der Waals surface area contributed by atoms with Crippen LogP contribution in [-0.2, 0) is 6.61 Å². The van der Waals surface area contributed by atoms with Crippen molar-refractivity contribution >= 4 is 11.5 Å². The summed E-state index contributed by atoms with van der Waals surface area (Å²) in [4.78, 5) is 6.90. The van der Waals surface area contributed by atoms with E-state index in [2.05, 4.69) is 9.88 Å². The molecule has 20 heavy (non-hydrogen) atoms. The van der Waals surface area contributed by atoms with Crippen LogP contribution in [0.2, 0.25) is 0 Å². The molecule has 2 aromatic rings. The van der Waals surface area contributed by atoms with Crippen molar-refractivity contribution < 1.29 is 10.2 Å². The summed E-state index contributed by atoms with van der Waals surface area (Å²) in [5.41, 5.74) is 1.71. The Kier molecular flexibility index (Phi) is 2.72. The van der Waals surface area contributed by atoms with Gasteiger partial charge in [0.2, 0.25) is 0 Å². The van der Waals surface area contributed by atoms with Crippen molar-refractivity contribution in [2.45, 2.75) is 25.6 Å². The maximum Gasteiger partial charge on any atom is 0.153 e. The molecule has 0 spiro atoms. The summed E-state index contributed by atoms with van der Waals surface area (Å²) in [6.07, 6.45) is 3.80. The first-order valence-corrected chi connectivity index (χ1v) is 7.28. The molecular weight excluding hydrogens is 254 g/mol. The van der Waals surface area contributed by atoms with Gasteiger partial charge < -0.3 is 15.1 Å². The molecule has 2 aromatic heterocycles. The molecule has 1 saturated carbocycles. The fraction of sp³-hybridized carbons (Fsp3) is 0.533. The van der Waals surface area contributed by atoms with Crippen molar-refractivity contribution in [3.8, 4) is 0 Å². The minimum atomic E-state index is -0.167. The molecule has 0 aromatic carbocycles. The van der Waals surface area contributed by atoms with E-state index >= 15 is 0 Å². The van der Waals surface area contributed by atoms with Crippen molar-refractivity contribution in [1.82, 2.24) is 9.38 Å².